The first kappa shape index (κ1) is 22.1. The number of hydrogen-bond acceptors (Lipinski definition) is 5. The van der Waals surface area contributed by atoms with E-state index in [2.05, 4.69) is 15.6 Å². The molecule has 5 rings (SSSR count). The van der Waals surface area contributed by atoms with Crippen molar-refractivity contribution in [2.75, 3.05) is 10.6 Å². The number of fused-ring (bicyclic) bond motifs is 1. The van der Waals surface area contributed by atoms with Crippen molar-refractivity contribution < 1.29 is 4.79 Å². The minimum atomic E-state index is -0.212. The fourth-order valence-corrected chi connectivity index (χ4v) is 5.46. The molecule has 0 radical (unpaired) electrons. The Balaban J connectivity index is 1.45. The first-order valence-corrected chi connectivity index (χ1v) is 12.2. The molecule has 1 amide bonds. The van der Waals surface area contributed by atoms with Crippen LogP contribution < -0.4 is 16.2 Å². The Morgan fingerprint density at radius 1 is 1.06 bits per heavy atom. The molecule has 0 bridgehead atoms. The Kier molecular flexibility index (Phi) is 6.02. The molecule has 0 saturated carbocycles. The number of hydrogen-bond donors (Lipinski definition) is 2. The van der Waals surface area contributed by atoms with Crippen LogP contribution in [0.2, 0.25) is 0 Å². The molecule has 2 heterocycles. The molecule has 0 spiro atoms. The largest absolute Gasteiger partial charge is 0.336 e. The number of nitrogens with one attached hydrogen (secondary N) is 2. The maximum atomic E-state index is 13.0. The second kappa shape index (κ2) is 9.27. The minimum Gasteiger partial charge on any atom is -0.336 e. The number of carbonyl (C=O) groups is 1. The van der Waals surface area contributed by atoms with E-state index in [0.29, 0.717) is 5.69 Å². The predicted octanol–water partition coefficient (Wildman–Crippen LogP) is 5.69. The van der Waals surface area contributed by atoms with Gasteiger partial charge in [-0.05, 0) is 68.0 Å². The van der Waals surface area contributed by atoms with Gasteiger partial charge in [0.25, 0.3) is 11.5 Å². The number of anilines is 3. The zero-order valence-corrected chi connectivity index (χ0v) is 20.0. The van der Waals surface area contributed by atoms with Gasteiger partial charge in [-0.2, -0.15) is 0 Å². The van der Waals surface area contributed by atoms with Crippen molar-refractivity contribution in [3.63, 3.8) is 0 Å². The first-order chi connectivity index (χ1) is 16.5. The molecule has 1 aliphatic carbocycles. The van der Waals surface area contributed by atoms with Crippen LogP contribution >= 0.6 is 11.3 Å². The number of thiophene rings is 1. The quantitative estimate of drug-likeness (QED) is 0.393. The molecule has 0 fully saturated rings. The number of amides is 1. The number of rotatable bonds is 5. The Labute approximate surface area is 202 Å². The Hall–Kier alpha value is -3.71. The molecule has 34 heavy (non-hydrogen) atoms. The van der Waals surface area contributed by atoms with Crippen molar-refractivity contribution >= 4 is 34.4 Å². The maximum Gasteiger partial charge on any atom is 0.293 e. The Morgan fingerprint density at radius 3 is 2.65 bits per heavy atom. The topological polar surface area (TPSA) is 76.0 Å². The lowest BCUT2D eigenvalue weighted by Gasteiger charge is -2.14. The highest BCUT2D eigenvalue weighted by atomic mass is 32.1. The summed E-state index contributed by atoms with van der Waals surface area (Å²) in [5.41, 5.74) is 5.04. The number of benzene rings is 2. The standard InChI is InChI=1S/C27H26N4O2S/c1-17-20(22-16-31(2)27(33)25(29-22)28-19-10-4-3-5-11-19)12-8-13-21(17)30-26(32)24-15-18-9-6-7-14-23(18)34-24/h3-5,8,10-13,15-16H,6-7,9,14H2,1-2H3,(H,28,29)(H,30,32). The van der Waals surface area contributed by atoms with Gasteiger partial charge in [0.05, 0.1) is 10.6 Å². The van der Waals surface area contributed by atoms with Gasteiger partial charge in [-0.15, -0.1) is 11.3 Å². The third-order valence-corrected chi connectivity index (χ3v) is 7.42. The van der Waals surface area contributed by atoms with Crippen LogP contribution in [0.5, 0.6) is 0 Å². The van der Waals surface area contributed by atoms with Crippen LogP contribution in [0.3, 0.4) is 0 Å². The molecule has 2 N–H and O–H groups in total. The van der Waals surface area contributed by atoms with E-state index >= 15 is 0 Å². The van der Waals surface area contributed by atoms with Crippen molar-refractivity contribution in [3.8, 4) is 11.3 Å². The number of aryl methyl sites for hydroxylation is 3. The van der Waals surface area contributed by atoms with E-state index in [1.807, 2.05) is 61.5 Å². The summed E-state index contributed by atoms with van der Waals surface area (Å²) in [5.74, 6) is 0.170. The molecule has 6 nitrogen and oxygen atoms in total. The van der Waals surface area contributed by atoms with Gasteiger partial charge < -0.3 is 15.2 Å². The molecule has 0 aliphatic heterocycles. The first-order valence-electron chi connectivity index (χ1n) is 11.4. The summed E-state index contributed by atoms with van der Waals surface area (Å²) in [5, 5.41) is 6.21. The van der Waals surface area contributed by atoms with E-state index in [4.69, 9.17) is 0 Å². The van der Waals surface area contributed by atoms with Crippen LogP contribution in [-0.2, 0) is 19.9 Å². The van der Waals surface area contributed by atoms with Crippen molar-refractivity contribution in [3.05, 3.63) is 92.0 Å². The van der Waals surface area contributed by atoms with Gasteiger partial charge in [0.15, 0.2) is 5.82 Å². The zero-order chi connectivity index (χ0) is 23.7. The molecule has 0 unspecified atom stereocenters. The van der Waals surface area contributed by atoms with Gasteiger partial charge in [-0.25, -0.2) is 4.98 Å². The normalized spacial score (nSPS) is 12.8. The monoisotopic (exact) mass is 470 g/mol. The summed E-state index contributed by atoms with van der Waals surface area (Å²) in [6, 6.07) is 17.3. The van der Waals surface area contributed by atoms with E-state index in [1.165, 1.54) is 27.8 Å². The van der Waals surface area contributed by atoms with Gasteiger partial charge in [0, 0.05) is 35.1 Å². The van der Waals surface area contributed by atoms with E-state index in [-0.39, 0.29) is 17.3 Å². The lowest BCUT2D eigenvalue weighted by Crippen LogP contribution is -2.21. The van der Waals surface area contributed by atoms with Crippen molar-refractivity contribution in [1.82, 2.24) is 9.55 Å². The minimum absolute atomic E-state index is 0.0838. The SMILES string of the molecule is Cc1c(NC(=O)c2cc3c(s2)CCCC3)cccc1-c1cn(C)c(=O)c(Nc2ccccc2)n1. The van der Waals surface area contributed by atoms with Gasteiger partial charge in [-0.3, -0.25) is 9.59 Å². The highest BCUT2D eigenvalue weighted by molar-refractivity contribution is 7.14. The lowest BCUT2D eigenvalue weighted by molar-refractivity contribution is 0.103. The molecule has 0 saturated heterocycles. The second-order valence-electron chi connectivity index (χ2n) is 8.58. The summed E-state index contributed by atoms with van der Waals surface area (Å²) in [6.45, 7) is 1.96. The molecule has 2 aromatic heterocycles. The molecule has 2 aromatic carbocycles. The molecular formula is C27H26N4O2S. The van der Waals surface area contributed by atoms with Crippen molar-refractivity contribution in [2.45, 2.75) is 32.6 Å². The second-order valence-corrected chi connectivity index (χ2v) is 9.72. The van der Waals surface area contributed by atoms with Gasteiger partial charge in [0.2, 0.25) is 0 Å². The van der Waals surface area contributed by atoms with E-state index in [1.54, 1.807) is 24.6 Å². The van der Waals surface area contributed by atoms with E-state index < -0.39 is 0 Å². The highest BCUT2D eigenvalue weighted by Gasteiger charge is 2.19. The van der Waals surface area contributed by atoms with Crippen LogP contribution in [0.4, 0.5) is 17.2 Å². The summed E-state index contributed by atoms with van der Waals surface area (Å²) >= 11 is 1.60. The lowest BCUT2D eigenvalue weighted by atomic mass is 9.99. The third kappa shape index (κ3) is 4.39. The van der Waals surface area contributed by atoms with Crippen LogP contribution in [0.25, 0.3) is 11.3 Å². The summed E-state index contributed by atoms with van der Waals surface area (Å²) in [6.07, 6.45) is 6.24. The van der Waals surface area contributed by atoms with Crippen LogP contribution in [-0.4, -0.2) is 15.5 Å². The number of aromatic nitrogens is 2. The van der Waals surface area contributed by atoms with Crippen LogP contribution in [0.15, 0.2) is 65.6 Å². The van der Waals surface area contributed by atoms with Gasteiger partial charge in [0.1, 0.15) is 0 Å². The van der Waals surface area contributed by atoms with Gasteiger partial charge >= 0.3 is 0 Å². The zero-order valence-electron chi connectivity index (χ0n) is 19.2. The van der Waals surface area contributed by atoms with Crippen LogP contribution in [0.1, 0.15) is 38.5 Å². The molecule has 7 heteroatoms. The highest BCUT2D eigenvalue weighted by Crippen LogP contribution is 2.32. The Bertz CT molecular complexity index is 1400. The summed E-state index contributed by atoms with van der Waals surface area (Å²) in [7, 11) is 1.71. The van der Waals surface area contributed by atoms with Crippen molar-refractivity contribution in [1.29, 1.82) is 0 Å². The molecule has 1 aliphatic rings. The molecule has 0 atom stereocenters. The average molecular weight is 471 g/mol. The fraction of sp³-hybridized carbons (Fsp3) is 0.222. The molecule has 172 valence electrons. The van der Waals surface area contributed by atoms with E-state index in [9.17, 15) is 9.59 Å². The summed E-state index contributed by atoms with van der Waals surface area (Å²) in [4.78, 5) is 32.4. The third-order valence-electron chi connectivity index (χ3n) is 6.19. The maximum absolute atomic E-state index is 13.0. The van der Waals surface area contributed by atoms with Crippen molar-refractivity contribution in [2.24, 2.45) is 7.05 Å². The van der Waals surface area contributed by atoms with Gasteiger partial charge in [-0.1, -0.05) is 30.3 Å². The number of para-hydroxylation sites is 1. The number of nitrogens with zero attached hydrogens (tertiary/aromatic N) is 2. The predicted molar refractivity (Wildman–Crippen MR) is 138 cm³/mol. The molecular weight excluding hydrogens is 444 g/mol. The van der Waals surface area contributed by atoms with Crippen LogP contribution in [0, 0.1) is 6.92 Å². The van der Waals surface area contributed by atoms with E-state index in [0.717, 1.165) is 40.2 Å². The fourth-order valence-electron chi connectivity index (χ4n) is 4.31. The average Bonchev–Trinajstić information content (AvgIpc) is 3.28. The molecule has 4 aromatic rings. The Morgan fingerprint density at radius 2 is 1.85 bits per heavy atom. The number of carbonyl (C=O) groups excluding carboxylic acids is 1. The smallest absolute Gasteiger partial charge is 0.293 e. The summed E-state index contributed by atoms with van der Waals surface area (Å²) < 4.78 is 1.52.